The van der Waals surface area contributed by atoms with Gasteiger partial charge in [-0.2, -0.15) is 0 Å². The first kappa shape index (κ1) is 49.3. The van der Waals surface area contributed by atoms with E-state index in [1.807, 2.05) is 97.9 Å². The number of carbonyl (C=O) groups is 2. The number of esters is 1. The highest BCUT2D eigenvalue weighted by molar-refractivity contribution is 5.74. The number of nitrogens with two attached hydrogens (primary N) is 1. The first-order valence-corrected chi connectivity index (χ1v) is 21.9. The number of cyclic esters (lactones) is 1. The molecule has 16 nitrogen and oxygen atoms in total. The van der Waals surface area contributed by atoms with Crippen LogP contribution >= 0.6 is 0 Å². The maximum Gasteiger partial charge on any atom is 0.410 e. The first-order valence-electron chi connectivity index (χ1n) is 21.9. The molecule has 2 saturated heterocycles. The second kappa shape index (κ2) is 21.6. The maximum atomic E-state index is 14.1. The normalized spacial score (nSPS) is 32.4. The Bertz CT molecular complexity index is 1660. The number of nitrogens with one attached hydrogen (secondary N) is 1. The molecule has 13 atom stereocenters. The van der Waals surface area contributed by atoms with E-state index < -0.39 is 71.8 Å². The van der Waals surface area contributed by atoms with E-state index in [2.05, 4.69) is 22.6 Å². The summed E-state index contributed by atoms with van der Waals surface area (Å²) in [6.45, 7) is 19.0. The molecule has 0 spiro atoms. The lowest BCUT2D eigenvalue weighted by atomic mass is 9.77. The summed E-state index contributed by atoms with van der Waals surface area (Å²) < 4.78 is 33.4. The number of hydrogen-bond acceptors (Lipinski definition) is 14. The van der Waals surface area contributed by atoms with Crippen LogP contribution in [0.15, 0.2) is 30.5 Å². The molecule has 2 aliphatic rings. The summed E-state index contributed by atoms with van der Waals surface area (Å²) in [6.07, 6.45) is -0.611. The third-order valence-corrected chi connectivity index (χ3v) is 12.8. The quantitative estimate of drug-likeness (QED) is 0.0785. The van der Waals surface area contributed by atoms with E-state index in [1.54, 1.807) is 23.6 Å². The lowest BCUT2D eigenvalue weighted by Gasteiger charge is -2.45. The van der Waals surface area contributed by atoms with Crippen molar-refractivity contribution >= 4 is 17.7 Å². The average Bonchev–Trinajstić information content (AvgIpc) is 3.79. The summed E-state index contributed by atoms with van der Waals surface area (Å²) in [4.78, 5) is 31.7. The molecule has 5 N–H and O–H groups in total. The molecule has 0 saturated carbocycles. The van der Waals surface area contributed by atoms with Crippen LogP contribution in [-0.4, -0.2) is 148 Å². The molecule has 3 heterocycles. The number of aryl methyl sites for hydroxylation is 1. The molecule has 2 aromatic rings. The lowest BCUT2D eigenvalue weighted by molar-refractivity contribution is -0.274. The van der Waals surface area contributed by atoms with Crippen molar-refractivity contribution in [3.63, 3.8) is 0 Å². The zero-order valence-corrected chi connectivity index (χ0v) is 38.2. The number of nitrogen functional groups attached to an aromatic ring is 1. The summed E-state index contributed by atoms with van der Waals surface area (Å²) in [7, 11) is 5.41. The van der Waals surface area contributed by atoms with Gasteiger partial charge >= 0.3 is 12.1 Å². The molecule has 3 unspecified atom stereocenters. The van der Waals surface area contributed by atoms with Gasteiger partial charge in [-0.1, -0.05) is 45.0 Å². The van der Waals surface area contributed by atoms with Crippen LogP contribution in [0, 0.1) is 17.8 Å². The molecule has 0 bridgehead atoms. The Balaban J connectivity index is 1.61. The molecular weight excluding hydrogens is 771 g/mol. The zero-order chi connectivity index (χ0) is 44.5. The van der Waals surface area contributed by atoms with Gasteiger partial charge in [0.1, 0.15) is 17.9 Å². The van der Waals surface area contributed by atoms with Gasteiger partial charge < -0.3 is 49.8 Å². The summed E-state index contributed by atoms with van der Waals surface area (Å²) in [5.41, 5.74) is 6.04. The Morgan fingerprint density at radius 1 is 1.10 bits per heavy atom. The number of unbranched alkanes of at least 4 members (excludes halogenated alkanes) is 1. The third kappa shape index (κ3) is 11.4. The number of benzene rings is 1. The van der Waals surface area contributed by atoms with Crippen LogP contribution in [0.25, 0.3) is 11.3 Å². The highest BCUT2D eigenvalue weighted by Crippen LogP contribution is 2.40. The molecule has 1 aromatic carbocycles. The topological polar surface area (TPSA) is 196 Å². The average molecular weight is 846 g/mol. The Morgan fingerprint density at radius 3 is 2.42 bits per heavy atom. The molecule has 60 heavy (non-hydrogen) atoms. The second-order valence-electron chi connectivity index (χ2n) is 17.7. The number of fused-ring (bicyclic) bond motifs is 1. The van der Waals surface area contributed by atoms with E-state index in [0.29, 0.717) is 51.0 Å². The Labute approximate surface area is 357 Å². The van der Waals surface area contributed by atoms with Gasteiger partial charge in [0, 0.05) is 56.1 Å². The van der Waals surface area contributed by atoms with Gasteiger partial charge in [-0.05, 0) is 105 Å². The number of ether oxygens (including phenoxy) is 5. The molecule has 1 aromatic heterocycles. The number of aliphatic hydroxyl groups excluding tert-OH is 2. The predicted molar refractivity (Wildman–Crippen MR) is 230 cm³/mol. The fourth-order valence-electron chi connectivity index (χ4n) is 9.43. The molecule has 16 heteroatoms. The van der Waals surface area contributed by atoms with Crippen LogP contribution < -0.4 is 11.1 Å². The number of carbonyl (C=O) groups excluding carboxylic acids is 2. The highest BCUT2D eigenvalue weighted by Gasteiger charge is 2.58. The molecule has 0 radical (unpaired) electrons. The fraction of sp³-hybridized carbons (Fsp3) is 0.773. The van der Waals surface area contributed by atoms with Crippen molar-refractivity contribution in [2.45, 2.75) is 161 Å². The Morgan fingerprint density at radius 2 is 1.80 bits per heavy atom. The predicted octanol–water partition coefficient (Wildman–Crippen LogP) is 4.71. The van der Waals surface area contributed by atoms with E-state index >= 15 is 0 Å². The maximum absolute atomic E-state index is 14.1. The first-order chi connectivity index (χ1) is 28.3. The number of anilines is 1. The summed E-state index contributed by atoms with van der Waals surface area (Å²) in [5.74, 6) is -2.29. The summed E-state index contributed by atoms with van der Waals surface area (Å²) in [6, 6.07) is 6.46. The van der Waals surface area contributed by atoms with Crippen molar-refractivity contribution in [1.29, 1.82) is 0 Å². The number of amides is 1. The van der Waals surface area contributed by atoms with Crippen LogP contribution in [0.3, 0.4) is 0 Å². The van der Waals surface area contributed by atoms with Gasteiger partial charge in [0.15, 0.2) is 11.9 Å². The van der Waals surface area contributed by atoms with Crippen LogP contribution in [0.2, 0.25) is 0 Å². The number of aromatic nitrogens is 3. The molecule has 4 rings (SSSR count). The van der Waals surface area contributed by atoms with Crippen LogP contribution in [0.5, 0.6) is 0 Å². The minimum absolute atomic E-state index is 0.00788. The zero-order valence-electron chi connectivity index (χ0n) is 38.2. The highest BCUT2D eigenvalue weighted by atomic mass is 16.7. The number of rotatable bonds is 16. The summed E-state index contributed by atoms with van der Waals surface area (Å²) in [5, 5.41) is 36.0. The monoisotopic (exact) mass is 846 g/mol. The van der Waals surface area contributed by atoms with Gasteiger partial charge in [0.2, 0.25) is 0 Å². The van der Waals surface area contributed by atoms with E-state index in [4.69, 9.17) is 29.4 Å². The molecule has 2 fully saturated rings. The third-order valence-electron chi connectivity index (χ3n) is 12.8. The van der Waals surface area contributed by atoms with Crippen molar-refractivity contribution in [1.82, 2.24) is 30.1 Å². The molecule has 340 valence electrons. The van der Waals surface area contributed by atoms with Crippen molar-refractivity contribution in [2.24, 2.45) is 17.8 Å². The van der Waals surface area contributed by atoms with Gasteiger partial charge in [-0.15, -0.1) is 5.10 Å². The van der Waals surface area contributed by atoms with Crippen molar-refractivity contribution < 1.29 is 43.5 Å². The standard InChI is InChI=1S/C44H75N7O9/c1-13-34(49(10)11)37(53)41(57-15-3)59-39-28(5)36(52)29(6)40(54)58-35(14-2)44(9)38(30(7)46-25-27(4)24-43(39,8)56-12)51(42(55)60-44)22-17-16-21-50-26-33(47-48-50)31-19-18-20-32(45)23-31/h18-20,23,26-30,34-39,41,46,52-53H,13-17,21-22,24-25,45H2,1-12H3/t27-,28+,29-,30-,34?,35-,36?,37?,38-,39-,41+,43-,44-/m1/s1. The van der Waals surface area contributed by atoms with Crippen LogP contribution in [0.4, 0.5) is 10.5 Å². The van der Waals surface area contributed by atoms with E-state index in [-0.39, 0.29) is 24.6 Å². The molecule has 2 aliphatic heterocycles. The number of nitrogens with zero attached hydrogens (tertiary/aromatic N) is 5. The van der Waals surface area contributed by atoms with Gasteiger partial charge in [-0.3, -0.25) is 14.4 Å². The van der Waals surface area contributed by atoms with Gasteiger partial charge in [-0.25, -0.2) is 4.79 Å². The van der Waals surface area contributed by atoms with Crippen LogP contribution in [0.1, 0.15) is 94.4 Å². The van der Waals surface area contributed by atoms with E-state index in [9.17, 15) is 19.8 Å². The molecule has 1 amide bonds. The number of hydrogen-bond donors (Lipinski definition) is 4. The van der Waals surface area contributed by atoms with Crippen molar-refractivity contribution in [3.05, 3.63) is 30.5 Å². The largest absolute Gasteiger partial charge is 0.458 e. The minimum Gasteiger partial charge on any atom is -0.458 e. The van der Waals surface area contributed by atoms with Gasteiger partial charge in [0.05, 0.1) is 36.0 Å². The SMILES string of the molecule is CCO[C@@H](O[C@@H]1[C@@H](C)C(O)[C@@H](C)C(=O)O[C@H](CC)[C@@]2(C)OC(=O)N(CCCCn3cc(-c4cccc(N)c4)nn3)[C@@H]2[C@@H](C)NC[C@H](C)C[C@@]1(C)OC)C(O)C(CC)N(C)C. The minimum atomic E-state index is -1.24. The Kier molecular flexibility index (Phi) is 17.8. The second-order valence-corrected chi connectivity index (χ2v) is 17.7. The van der Waals surface area contributed by atoms with Crippen molar-refractivity contribution in [2.75, 3.05) is 46.6 Å². The fourth-order valence-corrected chi connectivity index (χ4v) is 9.43. The van der Waals surface area contributed by atoms with E-state index in [0.717, 1.165) is 17.7 Å². The Hall–Kier alpha value is -3.38. The number of aliphatic hydroxyl groups is 2. The smallest absolute Gasteiger partial charge is 0.410 e. The molecular formula is C44H75N7O9. The van der Waals surface area contributed by atoms with Gasteiger partial charge in [0.25, 0.3) is 0 Å². The lowest BCUT2D eigenvalue weighted by Crippen LogP contribution is -2.61. The number of likely N-dealkylation sites (N-methyl/N-ethyl adjacent to an activating group) is 1. The number of methoxy groups -OCH3 is 1. The van der Waals surface area contributed by atoms with Crippen LogP contribution in [-0.2, 0) is 35.0 Å². The van der Waals surface area contributed by atoms with E-state index in [1.165, 1.54) is 0 Å². The van der Waals surface area contributed by atoms with Crippen molar-refractivity contribution in [3.8, 4) is 11.3 Å². The summed E-state index contributed by atoms with van der Waals surface area (Å²) >= 11 is 0. The molecule has 0 aliphatic carbocycles.